The molecule has 4 rings (SSSR count). The van der Waals surface area contributed by atoms with Gasteiger partial charge in [0.2, 0.25) is 15.9 Å². The SMILES string of the molecule is CCN(CC)C(=O)c1ccc(NC(=O)C2CCN(S(=O)(=O)c3ccc4c(c3)CCC4)CC2)cc1. The highest BCUT2D eigenvalue weighted by atomic mass is 32.2. The molecule has 0 aromatic heterocycles. The maximum atomic E-state index is 13.1. The Bertz CT molecular complexity index is 1150. The second kappa shape index (κ2) is 10.3. The van der Waals surface area contributed by atoms with Crippen LogP contribution < -0.4 is 5.32 Å². The number of hydrogen-bond acceptors (Lipinski definition) is 4. The lowest BCUT2D eigenvalue weighted by Crippen LogP contribution is -2.41. The van der Waals surface area contributed by atoms with Gasteiger partial charge in [0.1, 0.15) is 0 Å². The normalized spacial score (nSPS) is 16.8. The second-order valence-corrected chi connectivity index (χ2v) is 10.9. The van der Waals surface area contributed by atoms with E-state index in [4.69, 9.17) is 0 Å². The third kappa shape index (κ3) is 5.03. The largest absolute Gasteiger partial charge is 0.339 e. The lowest BCUT2D eigenvalue weighted by molar-refractivity contribution is -0.120. The highest BCUT2D eigenvalue weighted by Gasteiger charge is 2.32. The first-order valence-electron chi connectivity index (χ1n) is 12.2. The van der Waals surface area contributed by atoms with Crippen molar-refractivity contribution < 1.29 is 18.0 Å². The lowest BCUT2D eigenvalue weighted by Gasteiger charge is -2.30. The molecule has 7 nitrogen and oxygen atoms in total. The lowest BCUT2D eigenvalue weighted by atomic mass is 9.97. The number of rotatable bonds is 7. The van der Waals surface area contributed by atoms with Crippen LogP contribution in [-0.2, 0) is 27.7 Å². The summed E-state index contributed by atoms with van der Waals surface area (Å²) in [5, 5.41) is 2.92. The first-order chi connectivity index (χ1) is 16.3. The zero-order valence-electron chi connectivity index (χ0n) is 19.9. The molecule has 1 saturated heterocycles. The number of hydrogen-bond donors (Lipinski definition) is 1. The summed E-state index contributed by atoms with van der Waals surface area (Å²) in [5.74, 6) is -0.388. The fraction of sp³-hybridized carbons (Fsp3) is 0.462. The number of amides is 2. The van der Waals surface area contributed by atoms with Crippen molar-refractivity contribution in [2.24, 2.45) is 5.92 Å². The quantitative estimate of drug-likeness (QED) is 0.651. The summed E-state index contributed by atoms with van der Waals surface area (Å²) >= 11 is 0. The fourth-order valence-electron chi connectivity index (χ4n) is 4.85. The van der Waals surface area contributed by atoms with E-state index >= 15 is 0 Å². The van der Waals surface area contributed by atoms with Crippen molar-refractivity contribution in [3.63, 3.8) is 0 Å². The van der Waals surface area contributed by atoms with Gasteiger partial charge in [0.15, 0.2) is 0 Å². The molecule has 2 aliphatic rings. The summed E-state index contributed by atoms with van der Waals surface area (Å²) in [7, 11) is -3.55. The van der Waals surface area contributed by atoms with E-state index in [-0.39, 0.29) is 17.7 Å². The van der Waals surface area contributed by atoms with Gasteiger partial charge in [-0.2, -0.15) is 4.31 Å². The monoisotopic (exact) mass is 483 g/mol. The van der Waals surface area contributed by atoms with Crippen LogP contribution in [-0.4, -0.2) is 55.6 Å². The smallest absolute Gasteiger partial charge is 0.253 e. The van der Waals surface area contributed by atoms with E-state index in [2.05, 4.69) is 5.32 Å². The van der Waals surface area contributed by atoms with E-state index in [0.29, 0.717) is 55.2 Å². The first kappa shape index (κ1) is 24.4. The maximum absolute atomic E-state index is 13.1. The maximum Gasteiger partial charge on any atom is 0.253 e. The molecule has 0 spiro atoms. The molecule has 2 aromatic rings. The summed E-state index contributed by atoms with van der Waals surface area (Å²) in [5.41, 5.74) is 3.61. The third-order valence-electron chi connectivity index (χ3n) is 6.98. The Hall–Kier alpha value is -2.71. The number of nitrogens with zero attached hydrogens (tertiary/aromatic N) is 2. The molecule has 1 N–H and O–H groups in total. The summed E-state index contributed by atoms with van der Waals surface area (Å²) in [4.78, 5) is 27.3. The van der Waals surface area contributed by atoms with E-state index in [9.17, 15) is 18.0 Å². The molecular formula is C26H33N3O4S. The zero-order valence-corrected chi connectivity index (χ0v) is 20.7. The predicted octanol–water partition coefficient (Wildman–Crippen LogP) is 3.70. The Balaban J connectivity index is 1.33. The topological polar surface area (TPSA) is 86.8 Å². The van der Waals surface area contributed by atoms with Gasteiger partial charge < -0.3 is 10.2 Å². The molecule has 0 saturated carbocycles. The highest BCUT2D eigenvalue weighted by Crippen LogP contribution is 2.29. The summed E-state index contributed by atoms with van der Waals surface area (Å²) in [6.45, 7) is 5.84. The van der Waals surface area contributed by atoms with E-state index in [1.807, 2.05) is 26.0 Å². The molecule has 0 radical (unpaired) electrons. The van der Waals surface area contributed by atoms with Crippen molar-refractivity contribution in [1.82, 2.24) is 9.21 Å². The molecular weight excluding hydrogens is 450 g/mol. The van der Waals surface area contributed by atoms with Gasteiger partial charge in [-0.1, -0.05) is 6.07 Å². The van der Waals surface area contributed by atoms with Gasteiger partial charge in [-0.05, 0) is 93.5 Å². The van der Waals surface area contributed by atoms with Gasteiger partial charge >= 0.3 is 0 Å². The minimum atomic E-state index is -3.55. The van der Waals surface area contributed by atoms with Crippen LogP contribution in [0.1, 0.15) is 54.6 Å². The van der Waals surface area contributed by atoms with Crippen LogP contribution in [0.15, 0.2) is 47.4 Å². The third-order valence-corrected chi connectivity index (χ3v) is 8.88. The minimum Gasteiger partial charge on any atom is -0.339 e. The van der Waals surface area contributed by atoms with E-state index in [1.165, 1.54) is 9.87 Å². The highest BCUT2D eigenvalue weighted by molar-refractivity contribution is 7.89. The Morgan fingerprint density at radius 2 is 1.62 bits per heavy atom. The fourth-order valence-corrected chi connectivity index (χ4v) is 6.37. The Kier molecular flexibility index (Phi) is 7.38. The standard InChI is InChI=1S/C26H33N3O4S/c1-3-28(4-2)26(31)21-8-11-23(12-9-21)27-25(30)20-14-16-29(17-15-20)34(32,33)24-13-10-19-6-5-7-22(19)18-24/h8-13,18,20H,3-7,14-17H2,1-2H3,(H,27,30). The van der Waals surface area contributed by atoms with Gasteiger partial charge in [-0.3, -0.25) is 9.59 Å². The van der Waals surface area contributed by atoms with Crippen molar-refractivity contribution in [1.29, 1.82) is 0 Å². The van der Waals surface area contributed by atoms with Gasteiger partial charge in [-0.25, -0.2) is 8.42 Å². The number of fused-ring (bicyclic) bond motifs is 1. The molecule has 34 heavy (non-hydrogen) atoms. The number of anilines is 1. The molecule has 1 heterocycles. The number of nitrogens with one attached hydrogen (secondary N) is 1. The summed E-state index contributed by atoms with van der Waals surface area (Å²) < 4.78 is 27.8. The average molecular weight is 484 g/mol. The van der Waals surface area contributed by atoms with Crippen molar-refractivity contribution >= 4 is 27.5 Å². The number of piperidine rings is 1. The Morgan fingerprint density at radius 3 is 2.26 bits per heavy atom. The van der Waals surface area contributed by atoms with Gasteiger partial charge in [0, 0.05) is 43.3 Å². The molecule has 0 bridgehead atoms. The number of carbonyl (C=O) groups is 2. The first-order valence-corrected chi connectivity index (χ1v) is 13.6. The molecule has 2 aromatic carbocycles. The van der Waals surface area contributed by atoms with Crippen LogP contribution >= 0.6 is 0 Å². The minimum absolute atomic E-state index is 0.0279. The number of benzene rings is 2. The Morgan fingerprint density at radius 1 is 0.971 bits per heavy atom. The van der Waals surface area contributed by atoms with E-state index in [0.717, 1.165) is 24.8 Å². The number of aryl methyl sites for hydroxylation is 2. The number of sulfonamides is 1. The van der Waals surface area contributed by atoms with Gasteiger partial charge in [-0.15, -0.1) is 0 Å². The predicted molar refractivity (Wildman–Crippen MR) is 132 cm³/mol. The van der Waals surface area contributed by atoms with Crippen molar-refractivity contribution in [3.8, 4) is 0 Å². The van der Waals surface area contributed by atoms with Crippen LogP contribution in [0.2, 0.25) is 0 Å². The van der Waals surface area contributed by atoms with E-state index in [1.54, 1.807) is 35.2 Å². The van der Waals surface area contributed by atoms with Crippen LogP contribution in [0, 0.1) is 5.92 Å². The van der Waals surface area contributed by atoms with Crippen LogP contribution in [0.25, 0.3) is 0 Å². The van der Waals surface area contributed by atoms with E-state index < -0.39 is 10.0 Å². The zero-order chi connectivity index (χ0) is 24.3. The molecule has 1 aliphatic carbocycles. The number of carbonyl (C=O) groups excluding carboxylic acids is 2. The summed E-state index contributed by atoms with van der Waals surface area (Å²) in [6.07, 6.45) is 3.99. The molecule has 8 heteroatoms. The molecule has 1 fully saturated rings. The van der Waals surface area contributed by atoms with Gasteiger partial charge in [0.25, 0.3) is 5.91 Å². The molecule has 2 amide bonds. The average Bonchev–Trinajstić information content (AvgIpc) is 3.33. The van der Waals surface area contributed by atoms with Gasteiger partial charge in [0.05, 0.1) is 4.90 Å². The van der Waals surface area contributed by atoms with Crippen LogP contribution in [0.4, 0.5) is 5.69 Å². The van der Waals surface area contributed by atoms with Crippen molar-refractivity contribution in [2.45, 2.75) is 50.8 Å². The molecule has 0 unspecified atom stereocenters. The van der Waals surface area contributed by atoms with Crippen molar-refractivity contribution in [3.05, 3.63) is 59.2 Å². The summed E-state index contributed by atoms with van der Waals surface area (Å²) in [6, 6.07) is 12.4. The van der Waals surface area contributed by atoms with Crippen LogP contribution in [0.3, 0.4) is 0 Å². The molecule has 1 aliphatic heterocycles. The molecule has 0 atom stereocenters. The van der Waals surface area contributed by atoms with Crippen molar-refractivity contribution in [2.75, 3.05) is 31.5 Å². The molecule has 182 valence electrons. The second-order valence-electron chi connectivity index (χ2n) is 9.01. The van der Waals surface area contributed by atoms with Crippen LogP contribution in [0.5, 0.6) is 0 Å². The Labute approximate surface area is 202 Å².